The maximum absolute atomic E-state index is 12.2. The largest absolute Gasteiger partial charge is 0.378 e. The highest BCUT2D eigenvalue weighted by Gasteiger charge is 2.27. The molecule has 5 rings (SSSR count). The number of imide groups is 1. The smallest absolute Gasteiger partial charge is 0.243 e. The third-order valence-corrected chi connectivity index (χ3v) is 7.70. The Hall–Kier alpha value is -3.08. The van der Waals surface area contributed by atoms with Crippen molar-refractivity contribution >= 4 is 58.3 Å². The molecule has 1 N–H and O–H groups in total. The summed E-state index contributed by atoms with van der Waals surface area (Å²) < 4.78 is 5.43. The van der Waals surface area contributed by atoms with Crippen molar-refractivity contribution in [1.82, 2.24) is 9.97 Å². The highest BCUT2D eigenvalue weighted by Crippen LogP contribution is 2.32. The molecule has 0 saturated carbocycles. The van der Waals surface area contributed by atoms with Crippen molar-refractivity contribution in [3.05, 3.63) is 60.3 Å². The summed E-state index contributed by atoms with van der Waals surface area (Å²) in [6.07, 6.45) is 1.80. The molecule has 2 aliphatic rings. The third-order valence-electron chi connectivity index (χ3n) is 5.68. The second kappa shape index (κ2) is 10.7. The summed E-state index contributed by atoms with van der Waals surface area (Å²) in [7, 11) is 0. The first-order valence-electron chi connectivity index (χ1n) is 11.3. The summed E-state index contributed by atoms with van der Waals surface area (Å²) in [5.74, 6) is 0.831. The van der Waals surface area contributed by atoms with E-state index in [1.54, 1.807) is 18.3 Å². The molecule has 2 aromatic carbocycles. The van der Waals surface area contributed by atoms with Gasteiger partial charge in [-0.05, 0) is 55.5 Å². The van der Waals surface area contributed by atoms with Crippen molar-refractivity contribution in [1.29, 1.82) is 0 Å². The van der Waals surface area contributed by atoms with E-state index in [2.05, 4.69) is 27.3 Å². The second-order valence-corrected chi connectivity index (χ2v) is 10.2. The van der Waals surface area contributed by atoms with Crippen LogP contribution in [0.3, 0.4) is 0 Å². The van der Waals surface area contributed by atoms with Gasteiger partial charge in [0.25, 0.3) is 0 Å². The Morgan fingerprint density at radius 2 is 1.60 bits per heavy atom. The summed E-state index contributed by atoms with van der Waals surface area (Å²) in [4.78, 5) is 38.0. The molecule has 2 saturated heterocycles. The Balaban J connectivity index is 1.26. The second-order valence-electron chi connectivity index (χ2n) is 8.16. The lowest BCUT2D eigenvalue weighted by atomic mass is 10.2. The zero-order valence-corrected chi connectivity index (χ0v) is 20.9. The molecule has 0 unspecified atom stereocenters. The number of hydrogen-bond donors (Lipinski definition) is 1. The van der Waals surface area contributed by atoms with Crippen LogP contribution in [0.15, 0.2) is 64.6 Å². The number of ether oxygens (including phenoxy) is 1. The maximum Gasteiger partial charge on any atom is 0.243 e. The summed E-state index contributed by atoms with van der Waals surface area (Å²) >= 11 is 2.87. The number of aromatic nitrogens is 2. The molecular weight excluding hydrogens is 482 g/mol. The van der Waals surface area contributed by atoms with Gasteiger partial charge in [0.1, 0.15) is 5.03 Å². The maximum atomic E-state index is 12.2. The quantitative estimate of drug-likeness (QED) is 0.391. The number of morpholine rings is 1. The fourth-order valence-electron chi connectivity index (χ4n) is 3.85. The zero-order chi connectivity index (χ0) is 24.2. The minimum absolute atomic E-state index is 0.174. The molecule has 2 fully saturated rings. The lowest BCUT2D eigenvalue weighted by Crippen LogP contribution is -2.43. The van der Waals surface area contributed by atoms with Crippen molar-refractivity contribution in [2.45, 2.75) is 16.8 Å². The molecule has 0 aliphatic carbocycles. The molecule has 0 spiro atoms. The first kappa shape index (κ1) is 23.7. The third kappa shape index (κ3) is 5.61. The van der Waals surface area contributed by atoms with Gasteiger partial charge in [-0.15, -0.1) is 11.8 Å². The minimum Gasteiger partial charge on any atom is -0.378 e. The molecule has 1 aromatic heterocycles. The van der Waals surface area contributed by atoms with Crippen LogP contribution in [0.25, 0.3) is 0 Å². The highest BCUT2D eigenvalue weighted by molar-refractivity contribution is 8.00. The number of benzene rings is 2. The van der Waals surface area contributed by atoms with E-state index in [0.29, 0.717) is 23.1 Å². The summed E-state index contributed by atoms with van der Waals surface area (Å²) in [5, 5.41) is 4.12. The van der Waals surface area contributed by atoms with E-state index in [0.717, 1.165) is 47.5 Å². The molecule has 180 valence electrons. The number of rotatable bonds is 6. The van der Waals surface area contributed by atoms with Gasteiger partial charge in [-0.2, -0.15) is 0 Å². The predicted octanol–water partition coefficient (Wildman–Crippen LogP) is 4.12. The average Bonchev–Trinajstić information content (AvgIpc) is 2.88. The number of carbonyl (C=O) groups is 2. The number of nitrogens with one attached hydrogen (secondary N) is 1. The monoisotopic (exact) mass is 507 g/mol. The SMILES string of the molecule is Cc1cnc(Nc2ccc(N3CCOCC3)cc2)nc1Sc1ccc(N2C(=O)CSCC2=O)cc1. The van der Waals surface area contributed by atoms with Gasteiger partial charge in [-0.1, -0.05) is 11.8 Å². The molecule has 8 nitrogen and oxygen atoms in total. The first-order valence-corrected chi connectivity index (χ1v) is 13.3. The fraction of sp³-hybridized carbons (Fsp3) is 0.280. The van der Waals surface area contributed by atoms with Gasteiger partial charge in [-0.3, -0.25) is 9.59 Å². The number of thioether (sulfide) groups is 1. The molecule has 3 aromatic rings. The molecule has 3 heterocycles. The van der Waals surface area contributed by atoms with Crippen molar-refractivity contribution in [2.75, 3.05) is 52.9 Å². The lowest BCUT2D eigenvalue weighted by Gasteiger charge is -2.28. The normalized spacial score (nSPS) is 16.5. The first-order chi connectivity index (χ1) is 17.1. The standard InChI is InChI=1S/C25H25N5O3S2/c1-17-14-26-25(27-18-2-4-19(5-3-18)29-10-12-33-13-11-29)28-24(17)35-21-8-6-20(7-9-21)30-22(31)15-34-16-23(30)32/h2-9,14H,10-13,15-16H2,1H3,(H,26,27,28). The topological polar surface area (TPSA) is 87.7 Å². The van der Waals surface area contributed by atoms with Gasteiger partial charge in [0.15, 0.2) is 0 Å². The van der Waals surface area contributed by atoms with Gasteiger partial charge in [0, 0.05) is 41.1 Å². The summed E-state index contributed by atoms with van der Waals surface area (Å²) in [5.41, 5.74) is 3.66. The Morgan fingerprint density at radius 1 is 0.943 bits per heavy atom. The van der Waals surface area contributed by atoms with Crippen LogP contribution in [0.1, 0.15) is 5.56 Å². The molecule has 0 atom stereocenters. The highest BCUT2D eigenvalue weighted by atomic mass is 32.2. The predicted molar refractivity (Wildman–Crippen MR) is 140 cm³/mol. The Kier molecular flexibility index (Phi) is 7.21. The van der Waals surface area contributed by atoms with E-state index in [1.807, 2.05) is 31.2 Å². The van der Waals surface area contributed by atoms with Crippen LogP contribution < -0.4 is 15.1 Å². The summed E-state index contributed by atoms with van der Waals surface area (Å²) in [6, 6.07) is 15.7. The number of carbonyl (C=O) groups excluding carboxylic acids is 2. The minimum atomic E-state index is -0.174. The molecule has 2 amide bonds. The van der Waals surface area contributed by atoms with Crippen LogP contribution in [0, 0.1) is 6.92 Å². The molecule has 35 heavy (non-hydrogen) atoms. The van der Waals surface area contributed by atoms with Crippen LogP contribution >= 0.6 is 23.5 Å². The Morgan fingerprint density at radius 3 is 2.29 bits per heavy atom. The molecule has 0 radical (unpaired) electrons. The number of anilines is 4. The van der Waals surface area contributed by atoms with E-state index in [4.69, 9.17) is 9.72 Å². The Bertz CT molecular complexity index is 1200. The van der Waals surface area contributed by atoms with Crippen LogP contribution in [-0.2, 0) is 14.3 Å². The number of amides is 2. The van der Waals surface area contributed by atoms with E-state index in [9.17, 15) is 9.59 Å². The van der Waals surface area contributed by atoms with Gasteiger partial charge in [0.2, 0.25) is 17.8 Å². The molecule has 10 heteroatoms. The van der Waals surface area contributed by atoms with Crippen molar-refractivity contribution in [2.24, 2.45) is 0 Å². The number of aryl methyl sites for hydroxylation is 1. The molecule has 2 aliphatic heterocycles. The van der Waals surface area contributed by atoms with Crippen LogP contribution in [-0.4, -0.2) is 59.6 Å². The van der Waals surface area contributed by atoms with Gasteiger partial charge >= 0.3 is 0 Å². The van der Waals surface area contributed by atoms with E-state index in [-0.39, 0.29) is 11.8 Å². The molecular formula is C25H25N5O3S2. The van der Waals surface area contributed by atoms with E-state index >= 15 is 0 Å². The zero-order valence-electron chi connectivity index (χ0n) is 19.3. The van der Waals surface area contributed by atoms with Crippen LogP contribution in [0.4, 0.5) is 23.0 Å². The number of hydrogen-bond acceptors (Lipinski definition) is 9. The molecule has 0 bridgehead atoms. The van der Waals surface area contributed by atoms with E-state index < -0.39 is 0 Å². The lowest BCUT2D eigenvalue weighted by molar-refractivity contribution is -0.124. The fourth-order valence-corrected chi connectivity index (χ4v) is 5.40. The van der Waals surface area contributed by atoms with Gasteiger partial charge in [0.05, 0.1) is 30.4 Å². The van der Waals surface area contributed by atoms with Crippen molar-refractivity contribution < 1.29 is 14.3 Å². The van der Waals surface area contributed by atoms with Crippen molar-refractivity contribution in [3.63, 3.8) is 0 Å². The van der Waals surface area contributed by atoms with Crippen LogP contribution in [0.2, 0.25) is 0 Å². The number of nitrogens with zero attached hydrogens (tertiary/aromatic N) is 4. The summed E-state index contributed by atoms with van der Waals surface area (Å²) in [6.45, 7) is 5.29. The van der Waals surface area contributed by atoms with Crippen LogP contribution in [0.5, 0.6) is 0 Å². The van der Waals surface area contributed by atoms with Crippen molar-refractivity contribution in [3.8, 4) is 0 Å². The Labute approximate surface area is 212 Å². The van der Waals surface area contributed by atoms with Gasteiger partial charge < -0.3 is 15.0 Å². The van der Waals surface area contributed by atoms with E-state index in [1.165, 1.54) is 34.1 Å². The van der Waals surface area contributed by atoms with Gasteiger partial charge in [-0.25, -0.2) is 14.9 Å². The average molecular weight is 508 g/mol.